The van der Waals surface area contributed by atoms with Crippen LogP contribution in [-0.4, -0.2) is 12.0 Å². The summed E-state index contributed by atoms with van der Waals surface area (Å²) >= 11 is 5.90. The van der Waals surface area contributed by atoms with E-state index < -0.39 is 12.0 Å². The van der Waals surface area contributed by atoms with Crippen LogP contribution in [0, 0.1) is 5.92 Å². The first kappa shape index (κ1) is 11.9. The number of rotatable bonds is 4. The summed E-state index contributed by atoms with van der Waals surface area (Å²) in [6.45, 7) is 3.73. The normalized spacial score (nSPS) is 12.5. The third kappa shape index (κ3) is 3.13. The van der Waals surface area contributed by atoms with Crippen molar-refractivity contribution in [2.75, 3.05) is 0 Å². The van der Waals surface area contributed by atoms with Gasteiger partial charge in [-0.1, -0.05) is 37.6 Å². The molecule has 0 bridgehead atoms. The van der Waals surface area contributed by atoms with Crippen LogP contribution in [0.4, 0.5) is 0 Å². The van der Waals surface area contributed by atoms with E-state index in [2.05, 4.69) is 0 Å². The van der Waals surface area contributed by atoms with Crippen LogP contribution in [-0.2, 0) is 4.79 Å². The maximum absolute atomic E-state index is 11.1. The van der Waals surface area contributed by atoms with Crippen molar-refractivity contribution in [3.05, 3.63) is 29.3 Å². The van der Waals surface area contributed by atoms with Crippen LogP contribution in [0.1, 0.15) is 13.8 Å². The Morgan fingerprint density at radius 2 is 2.00 bits per heavy atom. The molecule has 0 radical (unpaired) electrons. The fraction of sp³-hybridized carbons (Fsp3) is 0.364. The molecule has 3 nitrogen and oxygen atoms in total. The lowest BCUT2D eigenvalue weighted by atomic mass is 10.1. The van der Waals surface area contributed by atoms with E-state index in [9.17, 15) is 4.79 Å². The zero-order valence-corrected chi connectivity index (χ0v) is 9.49. The summed E-state index contributed by atoms with van der Waals surface area (Å²) in [5, 5.41) is 0.476. The number of carbonyl (C=O) groups is 1. The average molecular weight is 228 g/mol. The Morgan fingerprint density at radius 3 is 2.47 bits per heavy atom. The van der Waals surface area contributed by atoms with Gasteiger partial charge in [0.05, 0.1) is 5.02 Å². The van der Waals surface area contributed by atoms with Crippen LogP contribution in [0.2, 0.25) is 5.02 Å². The summed E-state index contributed by atoms with van der Waals surface area (Å²) in [6, 6.07) is 7.00. The van der Waals surface area contributed by atoms with Crippen molar-refractivity contribution in [3.63, 3.8) is 0 Å². The molecule has 1 rings (SSSR count). The van der Waals surface area contributed by atoms with Gasteiger partial charge in [-0.15, -0.1) is 0 Å². The molecule has 0 heterocycles. The molecule has 0 spiro atoms. The highest BCUT2D eigenvalue weighted by atomic mass is 35.5. The van der Waals surface area contributed by atoms with Gasteiger partial charge >= 0.3 is 0 Å². The molecular weight excluding hydrogens is 214 g/mol. The number of hydrogen-bond acceptors (Lipinski definition) is 2. The molecule has 15 heavy (non-hydrogen) atoms. The number of amides is 1. The second-order valence-corrected chi connectivity index (χ2v) is 4.02. The molecule has 1 unspecified atom stereocenters. The third-order valence-electron chi connectivity index (χ3n) is 1.98. The van der Waals surface area contributed by atoms with E-state index in [0.717, 1.165) is 0 Å². The number of benzene rings is 1. The Balaban J connectivity index is 2.84. The smallest absolute Gasteiger partial charge is 0.258 e. The van der Waals surface area contributed by atoms with Gasteiger partial charge in [0.1, 0.15) is 5.75 Å². The zero-order valence-electron chi connectivity index (χ0n) is 8.74. The molecule has 1 amide bonds. The SMILES string of the molecule is CC(C)C(Oc1ccccc1Cl)C(N)=O. The van der Waals surface area contributed by atoms with Crippen LogP contribution >= 0.6 is 11.6 Å². The Hall–Kier alpha value is -1.22. The standard InChI is InChI=1S/C11H14ClNO2/c1-7(2)10(11(13)14)15-9-6-4-3-5-8(9)12/h3-7,10H,1-2H3,(H2,13,14). The van der Waals surface area contributed by atoms with Gasteiger partial charge in [-0.25, -0.2) is 0 Å². The molecular formula is C11H14ClNO2. The third-order valence-corrected chi connectivity index (χ3v) is 2.29. The van der Waals surface area contributed by atoms with Crippen molar-refractivity contribution in [2.45, 2.75) is 20.0 Å². The van der Waals surface area contributed by atoms with E-state index in [4.69, 9.17) is 22.1 Å². The highest BCUT2D eigenvalue weighted by molar-refractivity contribution is 6.32. The number of carbonyl (C=O) groups excluding carboxylic acids is 1. The fourth-order valence-electron chi connectivity index (χ4n) is 1.20. The molecule has 0 saturated heterocycles. The van der Waals surface area contributed by atoms with Crippen molar-refractivity contribution in [2.24, 2.45) is 11.7 Å². The maximum atomic E-state index is 11.1. The highest BCUT2D eigenvalue weighted by Crippen LogP contribution is 2.25. The first-order chi connectivity index (χ1) is 7.02. The van der Waals surface area contributed by atoms with E-state index in [0.29, 0.717) is 10.8 Å². The summed E-state index contributed by atoms with van der Waals surface area (Å²) < 4.78 is 5.46. The second-order valence-electron chi connectivity index (χ2n) is 3.62. The molecule has 0 aliphatic carbocycles. The highest BCUT2D eigenvalue weighted by Gasteiger charge is 2.22. The number of ether oxygens (including phenoxy) is 1. The molecule has 0 aliphatic heterocycles. The van der Waals surface area contributed by atoms with E-state index in [1.807, 2.05) is 13.8 Å². The first-order valence-electron chi connectivity index (χ1n) is 4.73. The Morgan fingerprint density at radius 1 is 1.40 bits per heavy atom. The summed E-state index contributed by atoms with van der Waals surface area (Å²) in [6.07, 6.45) is -0.648. The van der Waals surface area contributed by atoms with Gasteiger partial charge in [0, 0.05) is 0 Å². The van der Waals surface area contributed by atoms with E-state index in [-0.39, 0.29) is 5.92 Å². The van der Waals surface area contributed by atoms with E-state index in [1.165, 1.54) is 0 Å². The lowest BCUT2D eigenvalue weighted by Gasteiger charge is -2.19. The maximum Gasteiger partial charge on any atom is 0.258 e. The molecule has 1 aromatic carbocycles. The molecule has 2 N–H and O–H groups in total. The molecule has 4 heteroatoms. The number of halogens is 1. The largest absolute Gasteiger partial charge is 0.479 e. The van der Waals surface area contributed by atoms with E-state index >= 15 is 0 Å². The molecule has 0 aliphatic rings. The fourth-order valence-corrected chi connectivity index (χ4v) is 1.38. The zero-order chi connectivity index (χ0) is 11.4. The lowest BCUT2D eigenvalue weighted by Crippen LogP contribution is -2.37. The Kier molecular flexibility index (Phi) is 3.97. The topological polar surface area (TPSA) is 52.3 Å². The minimum atomic E-state index is -0.648. The second kappa shape index (κ2) is 5.03. The molecule has 82 valence electrons. The van der Waals surface area contributed by atoms with Crippen LogP contribution < -0.4 is 10.5 Å². The predicted molar refractivity (Wildman–Crippen MR) is 59.9 cm³/mol. The van der Waals surface area contributed by atoms with Crippen LogP contribution in [0.3, 0.4) is 0 Å². The summed E-state index contributed by atoms with van der Waals surface area (Å²) in [7, 11) is 0. The quantitative estimate of drug-likeness (QED) is 0.858. The Labute approximate surface area is 94.2 Å². The van der Waals surface area contributed by atoms with Crippen molar-refractivity contribution in [1.29, 1.82) is 0 Å². The molecule has 0 aromatic heterocycles. The van der Waals surface area contributed by atoms with Gasteiger partial charge in [0.15, 0.2) is 6.10 Å². The van der Waals surface area contributed by atoms with Crippen molar-refractivity contribution in [3.8, 4) is 5.75 Å². The first-order valence-corrected chi connectivity index (χ1v) is 5.10. The summed E-state index contributed by atoms with van der Waals surface area (Å²) in [4.78, 5) is 11.1. The van der Waals surface area contributed by atoms with Crippen molar-refractivity contribution >= 4 is 17.5 Å². The minimum absolute atomic E-state index is 0.0128. The number of hydrogen-bond donors (Lipinski definition) is 1. The van der Waals surface area contributed by atoms with Crippen LogP contribution in [0.15, 0.2) is 24.3 Å². The van der Waals surface area contributed by atoms with Gasteiger partial charge in [-0.05, 0) is 18.1 Å². The predicted octanol–water partition coefficient (Wildman–Crippen LogP) is 2.23. The number of nitrogens with two attached hydrogens (primary N) is 1. The van der Waals surface area contributed by atoms with Gasteiger partial charge < -0.3 is 10.5 Å². The minimum Gasteiger partial charge on any atom is -0.479 e. The Bertz CT molecular complexity index is 352. The lowest BCUT2D eigenvalue weighted by molar-refractivity contribution is -0.126. The van der Waals surface area contributed by atoms with E-state index in [1.54, 1.807) is 24.3 Å². The monoisotopic (exact) mass is 227 g/mol. The van der Waals surface area contributed by atoms with Crippen LogP contribution in [0.25, 0.3) is 0 Å². The number of primary amides is 1. The summed E-state index contributed by atoms with van der Waals surface area (Å²) in [5.74, 6) is 0.0142. The van der Waals surface area contributed by atoms with Gasteiger partial charge in [-0.2, -0.15) is 0 Å². The molecule has 1 atom stereocenters. The number of para-hydroxylation sites is 1. The van der Waals surface area contributed by atoms with Crippen molar-refractivity contribution < 1.29 is 9.53 Å². The molecule has 0 fully saturated rings. The molecule has 1 aromatic rings. The van der Waals surface area contributed by atoms with Gasteiger partial charge in [0.25, 0.3) is 5.91 Å². The summed E-state index contributed by atoms with van der Waals surface area (Å²) in [5.41, 5.74) is 5.23. The van der Waals surface area contributed by atoms with Crippen molar-refractivity contribution in [1.82, 2.24) is 0 Å². The average Bonchev–Trinajstić information content (AvgIpc) is 2.15. The van der Waals surface area contributed by atoms with Gasteiger partial charge in [-0.3, -0.25) is 4.79 Å². The van der Waals surface area contributed by atoms with Crippen LogP contribution in [0.5, 0.6) is 5.75 Å². The van der Waals surface area contributed by atoms with Gasteiger partial charge in [0.2, 0.25) is 0 Å². The molecule has 0 saturated carbocycles.